The average molecular weight is 262 g/mol. The van der Waals surface area contributed by atoms with E-state index in [1.807, 2.05) is 31.2 Å². The van der Waals surface area contributed by atoms with Crippen molar-refractivity contribution in [1.82, 2.24) is 4.90 Å². The van der Waals surface area contributed by atoms with Crippen LogP contribution in [0.5, 0.6) is 0 Å². The van der Waals surface area contributed by atoms with Gasteiger partial charge in [-0.3, -0.25) is 9.59 Å². The number of ether oxygens (including phenoxy) is 1. The quantitative estimate of drug-likeness (QED) is 0.890. The molecule has 1 N–H and O–H groups in total. The molecule has 1 atom stereocenters. The van der Waals surface area contributed by atoms with E-state index in [0.29, 0.717) is 13.2 Å². The van der Waals surface area contributed by atoms with E-state index in [-0.39, 0.29) is 18.2 Å². The average Bonchev–Trinajstić information content (AvgIpc) is 2.38. The molecule has 1 aliphatic heterocycles. The smallest absolute Gasteiger partial charge is 0.252 e. The number of anilines is 1. The van der Waals surface area contributed by atoms with E-state index in [2.05, 4.69) is 5.32 Å². The Balaban J connectivity index is 1.90. The third-order valence-electron chi connectivity index (χ3n) is 3.10. The van der Waals surface area contributed by atoms with Gasteiger partial charge in [0.05, 0.1) is 13.0 Å². The van der Waals surface area contributed by atoms with Gasteiger partial charge in [0.15, 0.2) is 0 Å². The van der Waals surface area contributed by atoms with Crippen LogP contribution in [0.25, 0.3) is 0 Å². The Morgan fingerprint density at radius 3 is 2.79 bits per heavy atom. The number of amides is 2. The molecule has 0 radical (unpaired) electrons. The fraction of sp³-hybridized carbons (Fsp3) is 0.429. The van der Waals surface area contributed by atoms with Gasteiger partial charge in [0.1, 0.15) is 6.10 Å². The normalized spacial score (nSPS) is 19.4. The van der Waals surface area contributed by atoms with Crippen molar-refractivity contribution in [1.29, 1.82) is 0 Å². The zero-order valence-electron chi connectivity index (χ0n) is 11.2. The largest absolute Gasteiger partial charge is 0.366 e. The Labute approximate surface area is 112 Å². The van der Waals surface area contributed by atoms with Crippen molar-refractivity contribution in [2.75, 3.05) is 25.5 Å². The van der Waals surface area contributed by atoms with Crippen molar-refractivity contribution in [2.45, 2.75) is 19.4 Å². The van der Waals surface area contributed by atoms with E-state index in [0.717, 1.165) is 11.3 Å². The second-order valence-corrected chi connectivity index (χ2v) is 4.74. The summed E-state index contributed by atoms with van der Waals surface area (Å²) < 4.78 is 5.34. The van der Waals surface area contributed by atoms with Gasteiger partial charge in [-0.15, -0.1) is 0 Å². The minimum absolute atomic E-state index is 0.0526. The minimum atomic E-state index is -0.663. The van der Waals surface area contributed by atoms with Crippen LogP contribution < -0.4 is 5.32 Å². The molecule has 0 spiro atoms. The Hall–Kier alpha value is -1.88. The van der Waals surface area contributed by atoms with Gasteiger partial charge >= 0.3 is 0 Å². The minimum Gasteiger partial charge on any atom is -0.366 e. The van der Waals surface area contributed by atoms with Gasteiger partial charge in [-0.25, -0.2) is 0 Å². The van der Waals surface area contributed by atoms with Crippen LogP contribution >= 0.6 is 0 Å². The monoisotopic (exact) mass is 262 g/mol. The topological polar surface area (TPSA) is 58.6 Å². The summed E-state index contributed by atoms with van der Waals surface area (Å²) in [5.41, 5.74) is 1.86. The van der Waals surface area contributed by atoms with Crippen molar-refractivity contribution in [2.24, 2.45) is 0 Å². The van der Waals surface area contributed by atoms with Gasteiger partial charge in [-0.1, -0.05) is 17.7 Å². The number of hydrogen-bond donors (Lipinski definition) is 1. The molecule has 1 aromatic carbocycles. The van der Waals surface area contributed by atoms with Crippen molar-refractivity contribution in [3.05, 3.63) is 29.8 Å². The van der Waals surface area contributed by atoms with Crippen LogP contribution in [0.2, 0.25) is 0 Å². The number of nitrogens with one attached hydrogen (secondary N) is 1. The van der Waals surface area contributed by atoms with Crippen LogP contribution in [0.4, 0.5) is 5.69 Å². The predicted molar refractivity (Wildman–Crippen MR) is 71.8 cm³/mol. The molecule has 5 heteroatoms. The molecule has 102 valence electrons. The first kappa shape index (κ1) is 13.5. The van der Waals surface area contributed by atoms with Gasteiger partial charge in [0.25, 0.3) is 5.91 Å². The summed E-state index contributed by atoms with van der Waals surface area (Å²) in [6.07, 6.45) is -0.610. The van der Waals surface area contributed by atoms with E-state index in [4.69, 9.17) is 4.74 Å². The summed E-state index contributed by atoms with van der Waals surface area (Å²) in [6.45, 7) is 3.04. The Kier molecular flexibility index (Phi) is 4.16. The van der Waals surface area contributed by atoms with E-state index in [9.17, 15) is 9.59 Å². The van der Waals surface area contributed by atoms with Crippen LogP contribution in [-0.2, 0) is 14.3 Å². The number of nitrogens with zero attached hydrogens (tertiary/aromatic N) is 1. The number of aryl methyl sites for hydroxylation is 1. The number of hydrogen-bond acceptors (Lipinski definition) is 3. The van der Waals surface area contributed by atoms with Crippen molar-refractivity contribution >= 4 is 17.5 Å². The highest BCUT2D eigenvalue weighted by Crippen LogP contribution is 2.12. The standard InChI is InChI=1S/C14H18N2O3/c1-10-3-5-11(6-4-10)15-13(17)9-12-14(18)16(2)7-8-19-12/h3-6,12H,7-9H2,1-2H3,(H,15,17). The van der Waals surface area contributed by atoms with Crippen molar-refractivity contribution < 1.29 is 14.3 Å². The maximum Gasteiger partial charge on any atom is 0.252 e. The van der Waals surface area contributed by atoms with E-state index in [1.165, 1.54) is 0 Å². The number of morpholine rings is 1. The zero-order chi connectivity index (χ0) is 13.8. The summed E-state index contributed by atoms with van der Waals surface area (Å²) in [4.78, 5) is 25.2. The van der Waals surface area contributed by atoms with Crippen LogP contribution in [0.3, 0.4) is 0 Å². The summed E-state index contributed by atoms with van der Waals surface area (Å²) in [5.74, 6) is -0.345. The number of carbonyl (C=O) groups excluding carboxylic acids is 2. The van der Waals surface area contributed by atoms with E-state index < -0.39 is 6.10 Å². The molecule has 1 aromatic rings. The molecule has 0 aliphatic carbocycles. The number of carbonyl (C=O) groups is 2. The molecule has 2 amide bonds. The molecular formula is C14H18N2O3. The Morgan fingerprint density at radius 1 is 1.42 bits per heavy atom. The number of rotatable bonds is 3. The highest BCUT2D eigenvalue weighted by molar-refractivity contribution is 5.95. The molecule has 1 heterocycles. The first-order valence-corrected chi connectivity index (χ1v) is 6.29. The predicted octanol–water partition coefficient (Wildman–Crippen LogP) is 1.18. The lowest BCUT2D eigenvalue weighted by Gasteiger charge is -2.29. The first-order chi connectivity index (χ1) is 9.06. The molecule has 1 fully saturated rings. The Morgan fingerprint density at radius 2 is 2.11 bits per heavy atom. The molecule has 0 bridgehead atoms. The van der Waals surface area contributed by atoms with Crippen LogP contribution in [0.15, 0.2) is 24.3 Å². The third-order valence-corrected chi connectivity index (χ3v) is 3.10. The zero-order valence-corrected chi connectivity index (χ0v) is 11.2. The lowest BCUT2D eigenvalue weighted by molar-refractivity contribution is -0.153. The molecular weight excluding hydrogens is 244 g/mol. The first-order valence-electron chi connectivity index (χ1n) is 6.29. The molecule has 1 saturated heterocycles. The Bertz CT molecular complexity index is 470. The van der Waals surface area contributed by atoms with E-state index in [1.54, 1.807) is 11.9 Å². The van der Waals surface area contributed by atoms with Crippen molar-refractivity contribution in [3.63, 3.8) is 0 Å². The van der Waals surface area contributed by atoms with Gasteiger partial charge in [-0.2, -0.15) is 0 Å². The van der Waals surface area contributed by atoms with Crippen LogP contribution in [-0.4, -0.2) is 43.0 Å². The maximum atomic E-state index is 11.9. The molecule has 2 rings (SSSR count). The summed E-state index contributed by atoms with van der Waals surface area (Å²) in [7, 11) is 1.72. The highest BCUT2D eigenvalue weighted by atomic mass is 16.5. The molecule has 19 heavy (non-hydrogen) atoms. The third kappa shape index (κ3) is 3.54. The van der Waals surface area contributed by atoms with Crippen LogP contribution in [0.1, 0.15) is 12.0 Å². The van der Waals surface area contributed by atoms with Crippen LogP contribution in [0, 0.1) is 6.92 Å². The van der Waals surface area contributed by atoms with E-state index >= 15 is 0 Å². The second-order valence-electron chi connectivity index (χ2n) is 4.74. The van der Waals surface area contributed by atoms with Gasteiger partial charge < -0.3 is 15.0 Å². The van der Waals surface area contributed by atoms with Gasteiger partial charge in [0, 0.05) is 19.3 Å². The number of likely N-dealkylation sites (N-methyl/N-ethyl adjacent to an activating group) is 1. The van der Waals surface area contributed by atoms with Crippen molar-refractivity contribution in [3.8, 4) is 0 Å². The second kappa shape index (κ2) is 5.84. The maximum absolute atomic E-state index is 11.9. The van der Waals surface area contributed by atoms with Gasteiger partial charge in [-0.05, 0) is 19.1 Å². The fourth-order valence-corrected chi connectivity index (χ4v) is 1.92. The highest BCUT2D eigenvalue weighted by Gasteiger charge is 2.29. The fourth-order valence-electron chi connectivity index (χ4n) is 1.92. The molecule has 1 unspecified atom stereocenters. The summed E-state index contributed by atoms with van der Waals surface area (Å²) >= 11 is 0. The summed E-state index contributed by atoms with van der Waals surface area (Å²) in [6, 6.07) is 7.52. The molecule has 5 nitrogen and oxygen atoms in total. The molecule has 0 aromatic heterocycles. The van der Waals surface area contributed by atoms with Gasteiger partial charge in [0.2, 0.25) is 5.91 Å². The molecule has 1 aliphatic rings. The lowest BCUT2D eigenvalue weighted by atomic mass is 10.1. The number of benzene rings is 1. The lowest BCUT2D eigenvalue weighted by Crippen LogP contribution is -2.46. The summed E-state index contributed by atoms with van der Waals surface area (Å²) in [5, 5.41) is 2.76. The SMILES string of the molecule is Cc1ccc(NC(=O)CC2OCCN(C)C2=O)cc1. The molecule has 0 saturated carbocycles.